The van der Waals surface area contributed by atoms with E-state index < -0.39 is 0 Å². The van der Waals surface area contributed by atoms with Crippen LogP contribution in [0.1, 0.15) is 24.7 Å². The molecule has 1 aromatic heterocycles. The SMILES string of the molecule is CCC1CN(c2nc(C)ncc2C(N)=S)CCS1. The first-order valence-electron chi connectivity index (χ1n) is 6.11. The van der Waals surface area contributed by atoms with Crippen LogP contribution < -0.4 is 10.6 Å². The van der Waals surface area contributed by atoms with E-state index in [9.17, 15) is 0 Å². The molecule has 0 aromatic carbocycles. The number of anilines is 1. The molecule has 2 rings (SSSR count). The fraction of sp³-hybridized carbons (Fsp3) is 0.583. The summed E-state index contributed by atoms with van der Waals surface area (Å²) >= 11 is 7.12. The van der Waals surface area contributed by atoms with E-state index in [1.54, 1.807) is 6.20 Å². The highest BCUT2D eigenvalue weighted by molar-refractivity contribution is 8.00. The highest BCUT2D eigenvalue weighted by atomic mass is 32.2. The average molecular weight is 282 g/mol. The van der Waals surface area contributed by atoms with Crippen molar-refractivity contribution in [1.82, 2.24) is 9.97 Å². The van der Waals surface area contributed by atoms with Gasteiger partial charge < -0.3 is 10.6 Å². The van der Waals surface area contributed by atoms with Crippen molar-refractivity contribution in [3.8, 4) is 0 Å². The van der Waals surface area contributed by atoms with Crippen molar-refractivity contribution in [3.63, 3.8) is 0 Å². The van der Waals surface area contributed by atoms with Gasteiger partial charge in [-0.15, -0.1) is 0 Å². The van der Waals surface area contributed by atoms with Gasteiger partial charge in [-0.05, 0) is 13.3 Å². The van der Waals surface area contributed by atoms with Crippen LogP contribution in [0, 0.1) is 6.92 Å². The van der Waals surface area contributed by atoms with Gasteiger partial charge in [0.15, 0.2) is 0 Å². The molecule has 1 atom stereocenters. The smallest absolute Gasteiger partial charge is 0.142 e. The fourth-order valence-corrected chi connectivity index (χ4v) is 3.36. The molecule has 6 heteroatoms. The third-order valence-corrected chi connectivity index (χ3v) is 4.64. The number of nitrogens with zero attached hydrogens (tertiary/aromatic N) is 3. The van der Waals surface area contributed by atoms with E-state index in [-0.39, 0.29) is 0 Å². The largest absolute Gasteiger partial charge is 0.389 e. The Morgan fingerprint density at radius 1 is 1.67 bits per heavy atom. The molecule has 0 saturated carbocycles. The minimum Gasteiger partial charge on any atom is -0.389 e. The summed E-state index contributed by atoms with van der Waals surface area (Å²) in [6, 6.07) is 0. The number of hydrogen-bond donors (Lipinski definition) is 1. The van der Waals surface area contributed by atoms with Crippen molar-refractivity contribution in [3.05, 3.63) is 17.6 Å². The van der Waals surface area contributed by atoms with Gasteiger partial charge >= 0.3 is 0 Å². The number of rotatable bonds is 3. The lowest BCUT2D eigenvalue weighted by atomic mass is 10.2. The molecule has 0 amide bonds. The number of aromatic nitrogens is 2. The van der Waals surface area contributed by atoms with Gasteiger partial charge in [-0.1, -0.05) is 19.1 Å². The third kappa shape index (κ3) is 2.92. The van der Waals surface area contributed by atoms with Crippen molar-refractivity contribution in [1.29, 1.82) is 0 Å². The van der Waals surface area contributed by atoms with Crippen LogP contribution >= 0.6 is 24.0 Å². The van der Waals surface area contributed by atoms with Crippen LogP contribution in [0.3, 0.4) is 0 Å². The van der Waals surface area contributed by atoms with Gasteiger partial charge in [-0.25, -0.2) is 9.97 Å². The maximum atomic E-state index is 5.76. The van der Waals surface area contributed by atoms with Crippen LogP contribution in [0.5, 0.6) is 0 Å². The van der Waals surface area contributed by atoms with E-state index in [0.717, 1.165) is 36.0 Å². The van der Waals surface area contributed by atoms with E-state index in [4.69, 9.17) is 18.0 Å². The summed E-state index contributed by atoms with van der Waals surface area (Å²) in [6.45, 7) is 6.12. The lowest BCUT2D eigenvalue weighted by molar-refractivity contribution is 0.716. The van der Waals surface area contributed by atoms with Crippen molar-refractivity contribution in [2.75, 3.05) is 23.7 Å². The molecule has 0 bridgehead atoms. The zero-order valence-corrected chi connectivity index (χ0v) is 12.4. The van der Waals surface area contributed by atoms with Gasteiger partial charge in [0.25, 0.3) is 0 Å². The average Bonchev–Trinajstić information content (AvgIpc) is 2.38. The Morgan fingerprint density at radius 3 is 3.11 bits per heavy atom. The van der Waals surface area contributed by atoms with Gasteiger partial charge in [0, 0.05) is 30.3 Å². The second-order valence-electron chi connectivity index (χ2n) is 4.37. The maximum Gasteiger partial charge on any atom is 0.142 e. The highest BCUT2D eigenvalue weighted by Gasteiger charge is 2.23. The van der Waals surface area contributed by atoms with Gasteiger partial charge in [0.1, 0.15) is 16.6 Å². The molecule has 0 aliphatic carbocycles. The van der Waals surface area contributed by atoms with Crippen LogP contribution in [0.15, 0.2) is 6.20 Å². The molecule has 0 spiro atoms. The summed E-state index contributed by atoms with van der Waals surface area (Å²) in [7, 11) is 0. The summed E-state index contributed by atoms with van der Waals surface area (Å²) in [5.74, 6) is 2.78. The summed E-state index contributed by atoms with van der Waals surface area (Å²) in [5.41, 5.74) is 6.55. The fourth-order valence-electron chi connectivity index (χ4n) is 2.03. The summed E-state index contributed by atoms with van der Waals surface area (Å²) in [4.78, 5) is 11.4. The molecule has 1 unspecified atom stereocenters. The third-order valence-electron chi connectivity index (χ3n) is 3.05. The number of aryl methyl sites for hydroxylation is 1. The zero-order valence-electron chi connectivity index (χ0n) is 10.7. The molecule has 1 fully saturated rings. The molecular weight excluding hydrogens is 264 g/mol. The Labute approximate surface area is 117 Å². The molecule has 1 aliphatic rings. The van der Waals surface area contributed by atoms with Crippen molar-refractivity contribution in [2.24, 2.45) is 5.73 Å². The number of hydrogen-bond acceptors (Lipinski definition) is 5. The molecule has 98 valence electrons. The first-order chi connectivity index (χ1) is 8.61. The van der Waals surface area contributed by atoms with Crippen molar-refractivity contribution in [2.45, 2.75) is 25.5 Å². The van der Waals surface area contributed by atoms with Gasteiger partial charge in [-0.2, -0.15) is 11.8 Å². The van der Waals surface area contributed by atoms with E-state index >= 15 is 0 Å². The van der Waals surface area contributed by atoms with Crippen LogP contribution in [-0.4, -0.2) is 39.0 Å². The molecule has 2 N–H and O–H groups in total. The number of nitrogens with two attached hydrogens (primary N) is 1. The molecular formula is C12H18N4S2. The summed E-state index contributed by atoms with van der Waals surface area (Å²) in [6.07, 6.45) is 2.91. The maximum absolute atomic E-state index is 5.76. The topological polar surface area (TPSA) is 55.0 Å². The molecule has 1 aliphatic heterocycles. The zero-order chi connectivity index (χ0) is 13.1. The molecule has 1 aromatic rings. The van der Waals surface area contributed by atoms with Gasteiger partial charge in [-0.3, -0.25) is 0 Å². The minimum atomic E-state index is 0.372. The van der Waals surface area contributed by atoms with Crippen molar-refractivity contribution >= 4 is 34.8 Å². The van der Waals surface area contributed by atoms with Crippen LogP contribution in [0.25, 0.3) is 0 Å². The van der Waals surface area contributed by atoms with Crippen molar-refractivity contribution < 1.29 is 0 Å². The Hall–Kier alpha value is -0.880. The first kappa shape index (κ1) is 13.5. The normalized spacial score (nSPS) is 19.9. The summed E-state index contributed by atoms with van der Waals surface area (Å²) in [5, 5.41) is 0.660. The lowest BCUT2D eigenvalue weighted by Crippen LogP contribution is -2.39. The lowest BCUT2D eigenvalue weighted by Gasteiger charge is -2.33. The van der Waals surface area contributed by atoms with Crippen LogP contribution in [-0.2, 0) is 0 Å². The Morgan fingerprint density at radius 2 is 2.44 bits per heavy atom. The highest BCUT2D eigenvalue weighted by Crippen LogP contribution is 2.26. The number of thioether (sulfide) groups is 1. The molecule has 2 heterocycles. The van der Waals surface area contributed by atoms with E-state index in [1.807, 2.05) is 18.7 Å². The van der Waals surface area contributed by atoms with Gasteiger partial charge in [0.2, 0.25) is 0 Å². The van der Waals surface area contributed by atoms with E-state index in [2.05, 4.69) is 21.8 Å². The Balaban J connectivity index is 2.31. The molecule has 1 saturated heterocycles. The second kappa shape index (κ2) is 5.84. The molecule has 0 radical (unpaired) electrons. The van der Waals surface area contributed by atoms with Crippen LogP contribution in [0.4, 0.5) is 5.82 Å². The van der Waals surface area contributed by atoms with Crippen LogP contribution in [0.2, 0.25) is 0 Å². The van der Waals surface area contributed by atoms with E-state index in [0.29, 0.717) is 10.2 Å². The Bertz CT molecular complexity index is 450. The second-order valence-corrected chi connectivity index (χ2v) is 6.21. The number of thiocarbonyl (C=S) groups is 1. The van der Waals surface area contributed by atoms with Gasteiger partial charge in [0.05, 0.1) is 5.56 Å². The predicted molar refractivity (Wildman–Crippen MR) is 81.4 cm³/mol. The standard InChI is InChI=1S/C12H18N4S2/c1-3-9-7-16(4-5-18-9)12-10(11(13)17)6-14-8(2)15-12/h6,9H,3-5,7H2,1-2H3,(H2,13,17). The minimum absolute atomic E-state index is 0.372. The summed E-state index contributed by atoms with van der Waals surface area (Å²) < 4.78 is 0. The van der Waals surface area contributed by atoms with E-state index in [1.165, 1.54) is 6.42 Å². The first-order valence-corrected chi connectivity index (χ1v) is 7.57. The quantitative estimate of drug-likeness (QED) is 0.853. The molecule has 4 nitrogen and oxygen atoms in total. The monoisotopic (exact) mass is 282 g/mol. The Kier molecular flexibility index (Phi) is 4.40. The molecule has 18 heavy (non-hydrogen) atoms. The predicted octanol–water partition coefficient (Wildman–Crippen LogP) is 1.75.